The highest BCUT2D eigenvalue weighted by Crippen LogP contribution is 2.39. The van der Waals surface area contributed by atoms with Gasteiger partial charge in [0.25, 0.3) is 11.8 Å². The molecule has 26 heavy (non-hydrogen) atoms. The van der Waals surface area contributed by atoms with E-state index < -0.39 is 5.91 Å². The van der Waals surface area contributed by atoms with Crippen molar-refractivity contribution in [3.8, 4) is 11.1 Å². The Hall–Kier alpha value is -2.28. The van der Waals surface area contributed by atoms with E-state index in [1.165, 1.54) is 11.3 Å². The highest BCUT2D eigenvalue weighted by atomic mass is 35.5. The fourth-order valence-corrected chi connectivity index (χ4v) is 4.10. The van der Waals surface area contributed by atoms with Crippen molar-refractivity contribution in [3.05, 3.63) is 62.3 Å². The summed E-state index contributed by atoms with van der Waals surface area (Å²) >= 11 is 13.4. The molecule has 134 valence electrons. The van der Waals surface area contributed by atoms with Crippen LogP contribution >= 0.6 is 34.5 Å². The molecule has 0 saturated heterocycles. The summed E-state index contributed by atoms with van der Waals surface area (Å²) in [7, 11) is 0. The van der Waals surface area contributed by atoms with E-state index in [0.29, 0.717) is 43.3 Å². The van der Waals surface area contributed by atoms with Gasteiger partial charge in [0.2, 0.25) is 0 Å². The number of amides is 2. The molecular formula is C18H14Cl2N2O3S. The Morgan fingerprint density at radius 3 is 2.46 bits per heavy atom. The van der Waals surface area contributed by atoms with E-state index in [4.69, 9.17) is 33.4 Å². The van der Waals surface area contributed by atoms with Gasteiger partial charge in [0.15, 0.2) is 0 Å². The molecule has 8 heteroatoms. The molecule has 0 aliphatic heterocycles. The van der Waals surface area contributed by atoms with Crippen LogP contribution in [0, 0.1) is 13.8 Å². The molecule has 0 unspecified atom stereocenters. The number of rotatable bonds is 4. The highest BCUT2D eigenvalue weighted by molar-refractivity contribution is 7.15. The summed E-state index contributed by atoms with van der Waals surface area (Å²) < 4.78 is 5.37. The molecule has 1 aromatic carbocycles. The Kier molecular flexibility index (Phi) is 5.09. The van der Waals surface area contributed by atoms with Crippen molar-refractivity contribution < 1.29 is 14.0 Å². The van der Waals surface area contributed by atoms with E-state index in [1.807, 2.05) is 0 Å². The third-order valence-electron chi connectivity index (χ3n) is 3.77. The number of furan rings is 1. The third kappa shape index (κ3) is 3.49. The minimum absolute atomic E-state index is 0.199. The topological polar surface area (TPSA) is 85.3 Å². The van der Waals surface area contributed by atoms with Crippen molar-refractivity contribution in [3.63, 3.8) is 0 Å². The molecule has 2 aromatic heterocycles. The number of primary amides is 1. The zero-order valence-electron chi connectivity index (χ0n) is 13.9. The first-order valence-electron chi connectivity index (χ1n) is 7.53. The van der Waals surface area contributed by atoms with Crippen molar-refractivity contribution in [2.24, 2.45) is 5.73 Å². The summed E-state index contributed by atoms with van der Waals surface area (Å²) in [4.78, 5) is 24.6. The van der Waals surface area contributed by atoms with E-state index in [9.17, 15) is 9.59 Å². The van der Waals surface area contributed by atoms with Crippen LogP contribution in [-0.2, 0) is 0 Å². The first-order chi connectivity index (χ1) is 12.3. The maximum Gasteiger partial charge on any atom is 0.259 e. The minimum Gasteiger partial charge on any atom is -0.466 e. The summed E-state index contributed by atoms with van der Waals surface area (Å²) in [6.45, 7) is 3.45. The molecule has 5 nitrogen and oxygen atoms in total. The van der Waals surface area contributed by atoms with E-state index in [0.717, 1.165) is 0 Å². The van der Waals surface area contributed by atoms with Gasteiger partial charge in [-0.1, -0.05) is 29.3 Å². The maximum atomic E-state index is 12.5. The van der Waals surface area contributed by atoms with E-state index in [-0.39, 0.29) is 11.5 Å². The lowest BCUT2D eigenvalue weighted by molar-refractivity contribution is 0.100. The molecule has 3 N–H and O–H groups in total. The van der Waals surface area contributed by atoms with Crippen LogP contribution < -0.4 is 11.1 Å². The molecule has 3 rings (SSSR count). The number of carbonyl (C=O) groups is 2. The standard InChI is InChI=1S/C18H14Cl2N2O3S/c1-8-5-12(9(2)25-8)17(24)22-18-15(16(21)23)13(7-26-18)11-4-3-10(19)6-14(11)20/h3-7H,1-2H3,(H2,21,23)(H,22,24). The van der Waals surface area contributed by atoms with Gasteiger partial charge in [-0.05, 0) is 32.0 Å². The first-order valence-corrected chi connectivity index (χ1v) is 9.16. The fraction of sp³-hybridized carbons (Fsp3) is 0.111. The quantitative estimate of drug-likeness (QED) is 0.615. The predicted octanol–water partition coefficient (Wildman–Crippen LogP) is 5.28. The Bertz CT molecular complexity index is 1020. The summed E-state index contributed by atoms with van der Waals surface area (Å²) in [6, 6.07) is 6.59. The van der Waals surface area contributed by atoms with Gasteiger partial charge in [-0.2, -0.15) is 0 Å². The van der Waals surface area contributed by atoms with E-state index in [2.05, 4.69) is 5.32 Å². The van der Waals surface area contributed by atoms with Crippen LogP contribution in [0.3, 0.4) is 0 Å². The molecule has 0 aliphatic rings. The van der Waals surface area contributed by atoms with E-state index >= 15 is 0 Å². The molecule has 0 radical (unpaired) electrons. The van der Waals surface area contributed by atoms with Gasteiger partial charge in [0, 0.05) is 26.6 Å². The molecule has 2 amide bonds. The molecule has 0 bridgehead atoms. The van der Waals surface area contributed by atoms with Gasteiger partial charge in [-0.15, -0.1) is 11.3 Å². The second-order valence-electron chi connectivity index (χ2n) is 5.62. The monoisotopic (exact) mass is 408 g/mol. The van der Waals surface area contributed by atoms with Gasteiger partial charge in [0.05, 0.1) is 11.1 Å². The predicted molar refractivity (Wildman–Crippen MR) is 104 cm³/mol. The molecule has 0 fully saturated rings. The number of aryl methyl sites for hydroxylation is 2. The zero-order valence-corrected chi connectivity index (χ0v) is 16.2. The van der Waals surface area contributed by atoms with Crippen LogP contribution in [0.5, 0.6) is 0 Å². The number of benzene rings is 1. The molecule has 0 atom stereocenters. The van der Waals surface area contributed by atoms with Crippen molar-refractivity contribution >= 4 is 51.4 Å². The van der Waals surface area contributed by atoms with Crippen molar-refractivity contribution in [1.29, 1.82) is 0 Å². The molecule has 3 aromatic rings. The molecule has 0 spiro atoms. The number of thiophene rings is 1. The lowest BCUT2D eigenvalue weighted by atomic mass is 10.0. The fourth-order valence-electron chi connectivity index (χ4n) is 2.63. The van der Waals surface area contributed by atoms with Crippen LogP contribution in [0.1, 0.15) is 32.2 Å². The summed E-state index contributed by atoms with van der Waals surface area (Å²) in [5.41, 5.74) is 7.30. The number of nitrogens with two attached hydrogens (primary N) is 1. The van der Waals surface area contributed by atoms with Gasteiger partial charge >= 0.3 is 0 Å². The number of halogens is 2. The second-order valence-corrected chi connectivity index (χ2v) is 7.35. The molecular weight excluding hydrogens is 395 g/mol. The van der Waals surface area contributed by atoms with Crippen LogP contribution in [0.15, 0.2) is 34.1 Å². The first kappa shape index (κ1) is 18.5. The Morgan fingerprint density at radius 2 is 1.88 bits per heavy atom. The molecule has 2 heterocycles. The summed E-state index contributed by atoms with van der Waals surface area (Å²) in [5, 5.41) is 5.67. The Morgan fingerprint density at radius 1 is 1.15 bits per heavy atom. The van der Waals surface area contributed by atoms with Crippen molar-refractivity contribution in [1.82, 2.24) is 0 Å². The van der Waals surface area contributed by atoms with Crippen molar-refractivity contribution in [2.75, 3.05) is 5.32 Å². The van der Waals surface area contributed by atoms with Gasteiger partial charge < -0.3 is 15.5 Å². The second kappa shape index (κ2) is 7.15. The normalized spacial score (nSPS) is 10.8. The van der Waals surface area contributed by atoms with Gasteiger partial charge in [0.1, 0.15) is 16.5 Å². The third-order valence-corrected chi connectivity index (χ3v) is 5.21. The number of nitrogens with one attached hydrogen (secondary N) is 1. The maximum absolute atomic E-state index is 12.5. The zero-order chi connectivity index (χ0) is 19.0. The van der Waals surface area contributed by atoms with Crippen LogP contribution in [0.4, 0.5) is 5.00 Å². The number of carbonyl (C=O) groups excluding carboxylic acids is 2. The average molecular weight is 409 g/mol. The molecule has 0 aliphatic carbocycles. The van der Waals surface area contributed by atoms with E-state index in [1.54, 1.807) is 43.5 Å². The summed E-state index contributed by atoms with van der Waals surface area (Å²) in [6.07, 6.45) is 0. The highest BCUT2D eigenvalue weighted by Gasteiger charge is 2.23. The van der Waals surface area contributed by atoms with Crippen LogP contribution in [0.25, 0.3) is 11.1 Å². The SMILES string of the molecule is Cc1cc(C(=O)Nc2scc(-c3ccc(Cl)cc3Cl)c2C(N)=O)c(C)o1. The Labute approximate surface area is 163 Å². The number of hydrogen-bond acceptors (Lipinski definition) is 4. The van der Waals surface area contributed by atoms with Crippen molar-refractivity contribution in [2.45, 2.75) is 13.8 Å². The lowest BCUT2D eigenvalue weighted by Gasteiger charge is -2.08. The Balaban J connectivity index is 2.01. The minimum atomic E-state index is -0.664. The lowest BCUT2D eigenvalue weighted by Crippen LogP contribution is -2.17. The average Bonchev–Trinajstić information content (AvgIpc) is 3.10. The van der Waals surface area contributed by atoms with Crippen LogP contribution in [0.2, 0.25) is 10.0 Å². The van der Waals surface area contributed by atoms with Crippen LogP contribution in [-0.4, -0.2) is 11.8 Å². The summed E-state index contributed by atoms with van der Waals surface area (Å²) in [5.74, 6) is 0.0841. The smallest absolute Gasteiger partial charge is 0.259 e. The van der Waals surface area contributed by atoms with Gasteiger partial charge in [-0.3, -0.25) is 9.59 Å². The largest absolute Gasteiger partial charge is 0.466 e. The molecule has 0 saturated carbocycles. The number of anilines is 1. The van der Waals surface area contributed by atoms with Gasteiger partial charge in [-0.25, -0.2) is 0 Å². The number of hydrogen-bond donors (Lipinski definition) is 2.